The Labute approximate surface area is 130 Å². The SMILES string of the molecule is CN(Cc1ccccc1)C(=O)c1cn(C2CCNCC2)nn1. The summed E-state index contributed by atoms with van der Waals surface area (Å²) in [7, 11) is 1.79. The van der Waals surface area contributed by atoms with Crippen LogP contribution >= 0.6 is 0 Å². The summed E-state index contributed by atoms with van der Waals surface area (Å²) >= 11 is 0. The maximum atomic E-state index is 12.4. The number of aromatic nitrogens is 3. The fraction of sp³-hybridized carbons (Fsp3) is 0.438. The van der Waals surface area contributed by atoms with Crippen molar-refractivity contribution < 1.29 is 4.79 Å². The Morgan fingerprint density at radius 3 is 2.77 bits per heavy atom. The summed E-state index contributed by atoms with van der Waals surface area (Å²) in [5.74, 6) is -0.0935. The van der Waals surface area contributed by atoms with Crippen molar-refractivity contribution in [1.82, 2.24) is 25.2 Å². The molecule has 0 bridgehead atoms. The number of nitrogens with one attached hydrogen (secondary N) is 1. The molecule has 0 atom stereocenters. The van der Waals surface area contributed by atoms with E-state index in [1.54, 1.807) is 18.1 Å². The van der Waals surface area contributed by atoms with E-state index >= 15 is 0 Å². The smallest absolute Gasteiger partial charge is 0.276 e. The van der Waals surface area contributed by atoms with Crippen LogP contribution < -0.4 is 5.32 Å². The standard InChI is InChI=1S/C16H21N5O/c1-20(11-13-5-3-2-4-6-13)16(22)15-12-21(19-18-15)14-7-9-17-10-8-14/h2-6,12,14,17H,7-11H2,1H3. The van der Waals surface area contributed by atoms with E-state index in [0.29, 0.717) is 18.3 Å². The molecule has 1 saturated heterocycles. The van der Waals surface area contributed by atoms with Crippen LogP contribution in [0.15, 0.2) is 36.5 Å². The lowest BCUT2D eigenvalue weighted by molar-refractivity contribution is 0.0779. The first kappa shape index (κ1) is 14.7. The Kier molecular flexibility index (Phi) is 4.48. The van der Waals surface area contributed by atoms with Crippen molar-refractivity contribution >= 4 is 5.91 Å². The number of carbonyl (C=O) groups is 1. The average Bonchev–Trinajstić information content (AvgIpc) is 3.06. The average molecular weight is 299 g/mol. The number of amides is 1. The fourth-order valence-electron chi connectivity index (χ4n) is 2.75. The van der Waals surface area contributed by atoms with Gasteiger partial charge >= 0.3 is 0 Å². The molecule has 1 fully saturated rings. The van der Waals surface area contributed by atoms with Crippen LogP contribution in [0, 0.1) is 0 Å². The van der Waals surface area contributed by atoms with E-state index in [9.17, 15) is 4.79 Å². The Hall–Kier alpha value is -2.21. The summed E-state index contributed by atoms with van der Waals surface area (Å²) in [5.41, 5.74) is 1.51. The zero-order valence-electron chi connectivity index (χ0n) is 12.8. The maximum Gasteiger partial charge on any atom is 0.276 e. The van der Waals surface area contributed by atoms with Gasteiger partial charge in [0.05, 0.1) is 12.2 Å². The maximum absolute atomic E-state index is 12.4. The highest BCUT2D eigenvalue weighted by atomic mass is 16.2. The van der Waals surface area contributed by atoms with E-state index in [2.05, 4.69) is 15.6 Å². The Morgan fingerprint density at radius 1 is 1.32 bits per heavy atom. The number of piperidine rings is 1. The Balaban J connectivity index is 1.65. The largest absolute Gasteiger partial charge is 0.336 e. The number of hydrogen-bond acceptors (Lipinski definition) is 4. The van der Waals surface area contributed by atoms with Gasteiger partial charge in [-0.2, -0.15) is 0 Å². The van der Waals surface area contributed by atoms with Crippen LogP contribution in [0.1, 0.15) is 34.9 Å². The highest BCUT2D eigenvalue weighted by Crippen LogP contribution is 2.17. The second kappa shape index (κ2) is 6.70. The Morgan fingerprint density at radius 2 is 2.05 bits per heavy atom. The second-order valence-corrected chi connectivity index (χ2v) is 5.71. The molecule has 1 N–H and O–H groups in total. The third-order valence-electron chi connectivity index (χ3n) is 4.02. The molecule has 22 heavy (non-hydrogen) atoms. The molecule has 1 aliphatic heterocycles. The van der Waals surface area contributed by atoms with Crippen LogP contribution in [-0.4, -0.2) is 45.9 Å². The van der Waals surface area contributed by atoms with Crippen molar-refractivity contribution in [2.75, 3.05) is 20.1 Å². The third kappa shape index (κ3) is 3.33. The van der Waals surface area contributed by atoms with E-state index in [0.717, 1.165) is 31.5 Å². The highest BCUT2D eigenvalue weighted by Gasteiger charge is 2.20. The van der Waals surface area contributed by atoms with Gasteiger partial charge in [0.25, 0.3) is 5.91 Å². The molecular weight excluding hydrogens is 278 g/mol. The number of nitrogens with zero attached hydrogens (tertiary/aromatic N) is 4. The van der Waals surface area contributed by atoms with Gasteiger partial charge in [0.15, 0.2) is 5.69 Å². The lowest BCUT2D eigenvalue weighted by atomic mass is 10.1. The molecule has 1 aromatic heterocycles. The summed E-state index contributed by atoms with van der Waals surface area (Å²) in [5, 5.41) is 11.5. The van der Waals surface area contributed by atoms with E-state index in [1.165, 1.54) is 0 Å². The number of carbonyl (C=O) groups excluding carboxylic acids is 1. The van der Waals surface area contributed by atoms with Crippen molar-refractivity contribution in [2.24, 2.45) is 0 Å². The van der Waals surface area contributed by atoms with Gasteiger partial charge in [-0.05, 0) is 31.5 Å². The molecule has 0 saturated carbocycles. The van der Waals surface area contributed by atoms with Crippen LogP contribution in [0.3, 0.4) is 0 Å². The predicted octanol–water partition coefficient (Wildman–Crippen LogP) is 1.47. The van der Waals surface area contributed by atoms with Gasteiger partial charge in [-0.3, -0.25) is 4.79 Å². The first-order chi connectivity index (χ1) is 10.7. The van der Waals surface area contributed by atoms with Gasteiger partial charge in [0, 0.05) is 13.6 Å². The molecule has 3 rings (SSSR count). The minimum atomic E-state index is -0.0935. The molecule has 0 unspecified atom stereocenters. The van der Waals surface area contributed by atoms with Gasteiger partial charge in [0.1, 0.15) is 0 Å². The number of hydrogen-bond donors (Lipinski definition) is 1. The van der Waals surface area contributed by atoms with Gasteiger partial charge in [-0.1, -0.05) is 35.5 Å². The van der Waals surface area contributed by atoms with Gasteiger partial charge in [0.2, 0.25) is 0 Å². The molecular formula is C16H21N5O. The molecule has 2 heterocycles. The minimum Gasteiger partial charge on any atom is -0.336 e. The molecule has 0 radical (unpaired) electrons. The topological polar surface area (TPSA) is 63.1 Å². The van der Waals surface area contributed by atoms with Gasteiger partial charge in [-0.25, -0.2) is 4.68 Å². The first-order valence-corrected chi connectivity index (χ1v) is 7.66. The van der Waals surface area contributed by atoms with Crippen molar-refractivity contribution in [3.05, 3.63) is 47.8 Å². The van der Waals surface area contributed by atoms with Crippen LogP contribution in [0.4, 0.5) is 0 Å². The lowest BCUT2D eigenvalue weighted by Gasteiger charge is -2.22. The van der Waals surface area contributed by atoms with E-state index < -0.39 is 0 Å². The Bertz CT molecular complexity index is 618. The molecule has 2 aromatic rings. The first-order valence-electron chi connectivity index (χ1n) is 7.66. The molecule has 1 amide bonds. The van der Waals surface area contributed by atoms with Crippen molar-refractivity contribution in [2.45, 2.75) is 25.4 Å². The summed E-state index contributed by atoms with van der Waals surface area (Å²) in [6.45, 7) is 2.54. The number of rotatable bonds is 4. The van der Waals surface area contributed by atoms with Crippen LogP contribution in [0.2, 0.25) is 0 Å². The summed E-state index contributed by atoms with van der Waals surface area (Å²) in [4.78, 5) is 14.1. The van der Waals surface area contributed by atoms with Gasteiger partial charge < -0.3 is 10.2 Å². The zero-order chi connectivity index (χ0) is 15.4. The molecule has 6 nitrogen and oxygen atoms in total. The van der Waals surface area contributed by atoms with Crippen LogP contribution in [0.5, 0.6) is 0 Å². The molecule has 0 spiro atoms. The zero-order valence-corrected chi connectivity index (χ0v) is 12.8. The normalized spacial score (nSPS) is 15.7. The van der Waals surface area contributed by atoms with Crippen molar-refractivity contribution in [1.29, 1.82) is 0 Å². The van der Waals surface area contributed by atoms with Crippen molar-refractivity contribution in [3.8, 4) is 0 Å². The quantitative estimate of drug-likeness (QED) is 0.929. The lowest BCUT2D eigenvalue weighted by Crippen LogP contribution is -2.29. The molecule has 1 aliphatic rings. The highest BCUT2D eigenvalue weighted by molar-refractivity contribution is 5.91. The molecule has 0 aliphatic carbocycles. The van der Waals surface area contributed by atoms with Crippen molar-refractivity contribution in [3.63, 3.8) is 0 Å². The summed E-state index contributed by atoms with van der Waals surface area (Å²) in [6, 6.07) is 10.3. The third-order valence-corrected chi connectivity index (χ3v) is 4.02. The predicted molar refractivity (Wildman–Crippen MR) is 83.4 cm³/mol. The van der Waals surface area contributed by atoms with E-state index in [1.807, 2.05) is 35.0 Å². The van der Waals surface area contributed by atoms with Gasteiger partial charge in [-0.15, -0.1) is 5.10 Å². The second-order valence-electron chi connectivity index (χ2n) is 5.71. The summed E-state index contributed by atoms with van der Waals surface area (Å²) < 4.78 is 1.84. The molecule has 1 aromatic carbocycles. The molecule has 116 valence electrons. The van der Waals surface area contributed by atoms with E-state index in [-0.39, 0.29) is 5.91 Å². The fourth-order valence-corrected chi connectivity index (χ4v) is 2.75. The summed E-state index contributed by atoms with van der Waals surface area (Å²) in [6.07, 6.45) is 3.83. The molecule has 6 heteroatoms. The number of benzene rings is 1. The van der Waals surface area contributed by atoms with Crippen LogP contribution in [0.25, 0.3) is 0 Å². The monoisotopic (exact) mass is 299 g/mol. The minimum absolute atomic E-state index is 0.0935. The van der Waals surface area contributed by atoms with E-state index in [4.69, 9.17) is 0 Å². The van der Waals surface area contributed by atoms with Crippen LogP contribution in [-0.2, 0) is 6.54 Å².